The summed E-state index contributed by atoms with van der Waals surface area (Å²) in [5.74, 6) is 0. The Hall–Kier alpha value is -5.62. The molecule has 0 aliphatic carbocycles. The fourth-order valence-electron chi connectivity index (χ4n) is 4.27. The molecule has 6 aromatic rings. The van der Waals surface area contributed by atoms with Crippen LogP contribution in [0.2, 0.25) is 0 Å². The van der Waals surface area contributed by atoms with Gasteiger partial charge in [-0.15, -0.1) is 10.2 Å². The summed E-state index contributed by atoms with van der Waals surface area (Å²) in [6.07, 6.45) is 3.31. The fraction of sp³-hybridized carbons (Fsp3) is 0. The standard InChI is InChI=1S/C34H24N6/c1-3-13-27(14-4-1)33(39-35-23-29-21-19-25-11-7-9-17-31(25)37-29)34(28-15-5-2-6-16-28)40-36-24-30-22-20-26-12-8-10-18-32(26)38-30/h1-24H/b35-23+,36-24+,39-33+,40-34+. The number of nitrogens with zero attached hydrogens (tertiary/aromatic N) is 6. The topological polar surface area (TPSA) is 75.2 Å². The van der Waals surface area contributed by atoms with E-state index >= 15 is 0 Å². The number of rotatable bonds is 7. The van der Waals surface area contributed by atoms with Crippen LogP contribution in [-0.4, -0.2) is 33.8 Å². The summed E-state index contributed by atoms with van der Waals surface area (Å²) in [5, 5.41) is 20.3. The zero-order valence-electron chi connectivity index (χ0n) is 21.5. The maximum Gasteiger partial charge on any atom is 0.121 e. The Morgan fingerprint density at radius 2 is 0.825 bits per heavy atom. The third-order valence-corrected chi connectivity index (χ3v) is 6.25. The van der Waals surface area contributed by atoms with Crippen LogP contribution in [0, 0.1) is 0 Å². The van der Waals surface area contributed by atoms with E-state index < -0.39 is 0 Å². The number of para-hydroxylation sites is 2. The van der Waals surface area contributed by atoms with Crippen molar-refractivity contribution in [2.24, 2.45) is 20.4 Å². The molecule has 0 spiro atoms. The van der Waals surface area contributed by atoms with Gasteiger partial charge in [-0.3, -0.25) is 0 Å². The van der Waals surface area contributed by atoms with E-state index in [1.165, 1.54) is 0 Å². The van der Waals surface area contributed by atoms with Crippen LogP contribution in [0.15, 0.2) is 154 Å². The van der Waals surface area contributed by atoms with Crippen molar-refractivity contribution >= 4 is 45.7 Å². The first-order chi connectivity index (χ1) is 19.8. The second kappa shape index (κ2) is 11.8. The van der Waals surface area contributed by atoms with E-state index in [2.05, 4.69) is 30.4 Å². The van der Waals surface area contributed by atoms with Gasteiger partial charge in [-0.2, -0.15) is 10.2 Å². The van der Waals surface area contributed by atoms with Gasteiger partial charge in [0.05, 0.1) is 34.9 Å². The lowest BCUT2D eigenvalue weighted by atomic mass is 10.00. The second-order valence-corrected chi connectivity index (χ2v) is 8.98. The summed E-state index contributed by atoms with van der Waals surface area (Å²) in [6, 6.07) is 43.6. The van der Waals surface area contributed by atoms with Gasteiger partial charge in [0.1, 0.15) is 11.4 Å². The number of aromatic nitrogens is 2. The average Bonchev–Trinajstić information content (AvgIpc) is 3.02. The molecule has 190 valence electrons. The van der Waals surface area contributed by atoms with Crippen molar-refractivity contribution in [1.82, 2.24) is 9.97 Å². The molecule has 0 radical (unpaired) electrons. The molecule has 0 amide bonds. The van der Waals surface area contributed by atoms with Gasteiger partial charge in [0.15, 0.2) is 0 Å². The molecule has 40 heavy (non-hydrogen) atoms. The molecule has 0 N–H and O–H groups in total. The molecule has 0 saturated carbocycles. The van der Waals surface area contributed by atoms with E-state index in [1.54, 1.807) is 12.4 Å². The van der Waals surface area contributed by atoms with Crippen LogP contribution in [0.3, 0.4) is 0 Å². The van der Waals surface area contributed by atoms with Gasteiger partial charge >= 0.3 is 0 Å². The lowest BCUT2D eigenvalue weighted by Gasteiger charge is -2.08. The van der Waals surface area contributed by atoms with Gasteiger partial charge in [0, 0.05) is 21.9 Å². The molecule has 0 bridgehead atoms. The third-order valence-electron chi connectivity index (χ3n) is 6.25. The first-order valence-electron chi connectivity index (χ1n) is 12.9. The van der Waals surface area contributed by atoms with Crippen molar-refractivity contribution < 1.29 is 0 Å². The second-order valence-electron chi connectivity index (χ2n) is 8.98. The summed E-state index contributed by atoms with van der Waals surface area (Å²) in [5.41, 5.74) is 6.16. The number of fused-ring (bicyclic) bond motifs is 2. The van der Waals surface area contributed by atoms with E-state index in [1.807, 2.05) is 133 Å². The molecular formula is C34H24N6. The van der Waals surface area contributed by atoms with E-state index in [9.17, 15) is 0 Å². The molecule has 6 heteroatoms. The number of hydrogen-bond acceptors (Lipinski definition) is 6. The van der Waals surface area contributed by atoms with Crippen molar-refractivity contribution in [1.29, 1.82) is 0 Å². The van der Waals surface area contributed by atoms with E-state index in [4.69, 9.17) is 0 Å². The van der Waals surface area contributed by atoms with Crippen LogP contribution >= 0.6 is 0 Å². The number of benzene rings is 4. The Balaban J connectivity index is 1.40. The molecule has 0 fully saturated rings. The maximum absolute atomic E-state index is 4.67. The Morgan fingerprint density at radius 1 is 0.425 bits per heavy atom. The summed E-state index contributed by atoms with van der Waals surface area (Å²) in [6.45, 7) is 0. The quantitative estimate of drug-likeness (QED) is 0.167. The van der Waals surface area contributed by atoms with Gasteiger partial charge < -0.3 is 0 Å². The van der Waals surface area contributed by atoms with Gasteiger partial charge in [-0.25, -0.2) is 9.97 Å². The van der Waals surface area contributed by atoms with E-state index in [0.29, 0.717) is 22.8 Å². The Bertz CT molecular complexity index is 1750. The Labute approximate surface area is 231 Å². The molecular weight excluding hydrogens is 492 g/mol. The van der Waals surface area contributed by atoms with Crippen LogP contribution in [-0.2, 0) is 0 Å². The van der Waals surface area contributed by atoms with Gasteiger partial charge in [-0.1, -0.05) is 109 Å². The zero-order valence-corrected chi connectivity index (χ0v) is 21.5. The van der Waals surface area contributed by atoms with E-state index in [-0.39, 0.29) is 0 Å². The normalized spacial score (nSPS) is 12.6. The zero-order chi connectivity index (χ0) is 27.0. The van der Waals surface area contributed by atoms with Crippen LogP contribution in [0.1, 0.15) is 22.5 Å². The van der Waals surface area contributed by atoms with Crippen molar-refractivity contribution in [3.8, 4) is 0 Å². The molecule has 0 atom stereocenters. The third kappa shape index (κ3) is 5.76. The summed E-state index contributed by atoms with van der Waals surface area (Å²) in [4.78, 5) is 9.35. The highest BCUT2D eigenvalue weighted by atomic mass is 15.2. The number of hydrogen-bond donors (Lipinski definition) is 0. The molecule has 4 aromatic carbocycles. The maximum atomic E-state index is 4.67. The van der Waals surface area contributed by atoms with Crippen molar-refractivity contribution in [2.45, 2.75) is 0 Å². The van der Waals surface area contributed by atoms with Crippen LogP contribution in [0.5, 0.6) is 0 Å². The first kappa shape index (κ1) is 24.7. The Kier molecular flexibility index (Phi) is 7.31. The SMILES string of the molecule is C(=N/N=C(/C(=N/N=C/c1ccc2ccccc2n1)c1ccccc1)c1ccccc1)\c1ccc2ccccc2n1. The van der Waals surface area contributed by atoms with Crippen molar-refractivity contribution in [3.63, 3.8) is 0 Å². The lowest BCUT2D eigenvalue weighted by molar-refractivity contribution is 1.22. The highest BCUT2D eigenvalue weighted by molar-refractivity contribution is 6.53. The number of pyridine rings is 2. The smallest absolute Gasteiger partial charge is 0.121 e. The molecule has 6 rings (SSSR count). The molecule has 6 nitrogen and oxygen atoms in total. The summed E-state index contributed by atoms with van der Waals surface area (Å²) < 4.78 is 0. The molecule has 0 saturated heterocycles. The summed E-state index contributed by atoms with van der Waals surface area (Å²) in [7, 11) is 0. The molecule has 0 aliphatic rings. The minimum Gasteiger partial charge on any atom is -0.247 e. The van der Waals surface area contributed by atoms with Gasteiger partial charge in [0.2, 0.25) is 0 Å². The molecule has 2 aromatic heterocycles. The predicted octanol–water partition coefficient (Wildman–Crippen LogP) is 7.13. The minimum atomic E-state index is 0.590. The minimum absolute atomic E-state index is 0.590. The predicted molar refractivity (Wildman–Crippen MR) is 165 cm³/mol. The van der Waals surface area contributed by atoms with Crippen molar-refractivity contribution in [3.05, 3.63) is 156 Å². The first-order valence-corrected chi connectivity index (χ1v) is 12.9. The van der Waals surface area contributed by atoms with Crippen LogP contribution in [0.4, 0.5) is 0 Å². The molecule has 0 unspecified atom stereocenters. The van der Waals surface area contributed by atoms with Crippen LogP contribution < -0.4 is 0 Å². The fourth-order valence-corrected chi connectivity index (χ4v) is 4.27. The molecule has 2 heterocycles. The van der Waals surface area contributed by atoms with Crippen molar-refractivity contribution in [2.75, 3.05) is 0 Å². The highest BCUT2D eigenvalue weighted by Crippen LogP contribution is 2.14. The lowest BCUT2D eigenvalue weighted by Crippen LogP contribution is -2.17. The highest BCUT2D eigenvalue weighted by Gasteiger charge is 2.15. The van der Waals surface area contributed by atoms with Gasteiger partial charge in [-0.05, 0) is 24.3 Å². The average molecular weight is 517 g/mol. The monoisotopic (exact) mass is 516 g/mol. The largest absolute Gasteiger partial charge is 0.247 e. The van der Waals surface area contributed by atoms with Crippen LogP contribution in [0.25, 0.3) is 21.8 Å². The summed E-state index contributed by atoms with van der Waals surface area (Å²) >= 11 is 0. The molecule has 0 aliphatic heterocycles. The van der Waals surface area contributed by atoms with Gasteiger partial charge in [0.25, 0.3) is 0 Å². The van der Waals surface area contributed by atoms with E-state index in [0.717, 1.165) is 32.9 Å². The Morgan fingerprint density at radius 3 is 1.27 bits per heavy atom.